The summed E-state index contributed by atoms with van der Waals surface area (Å²) in [5, 5.41) is 3.44. The molecular weight excluding hydrogens is 346 g/mol. The first kappa shape index (κ1) is 19.0. The molecule has 4 rings (SSSR count). The minimum Gasteiger partial charge on any atom is -0.368 e. The lowest BCUT2D eigenvalue weighted by atomic mass is 9.80. The van der Waals surface area contributed by atoms with Gasteiger partial charge in [0, 0.05) is 38.4 Å². The summed E-state index contributed by atoms with van der Waals surface area (Å²) in [6.07, 6.45) is 1.03. The maximum absolute atomic E-state index is 13.4. The molecular formula is C24H31N3O. The van der Waals surface area contributed by atoms with Crippen LogP contribution in [0.3, 0.4) is 0 Å². The molecule has 0 saturated carbocycles. The smallest absolute Gasteiger partial charge is 0.227 e. The van der Waals surface area contributed by atoms with Crippen molar-refractivity contribution in [3.63, 3.8) is 0 Å². The van der Waals surface area contributed by atoms with Gasteiger partial charge in [-0.05, 0) is 55.5 Å². The molecule has 2 saturated heterocycles. The van der Waals surface area contributed by atoms with E-state index >= 15 is 0 Å². The van der Waals surface area contributed by atoms with E-state index in [-0.39, 0.29) is 5.92 Å². The van der Waals surface area contributed by atoms with Crippen LogP contribution in [0.1, 0.15) is 29.0 Å². The quantitative estimate of drug-likeness (QED) is 0.891. The van der Waals surface area contributed by atoms with Crippen molar-refractivity contribution >= 4 is 11.6 Å². The summed E-state index contributed by atoms with van der Waals surface area (Å²) in [4.78, 5) is 17.9. The van der Waals surface area contributed by atoms with E-state index in [1.54, 1.807) is 0 Å². The molecule has 0 spiro atoms. The molecule has 4 nitrogen and oxygen atoms in total. The van der Waals surface area contributed by atoms with Crippen molar-refractivity contribution in [2.24, 2.45) is 5.92 Å². The molecule has 0 radical (unpaired) electrons. The Bertz CT molecular complexity index is 812. The summed E-state index contributed by atoms with van der Waals surface area (Å²) in [5.74, 6) is 0.692. The molecule has 0 aliphatic carbocycles. The normalized spacial score (nSPS) is 22.9. The summed E-state index contributed by atoms with van der Waals surface area (Å²) in [7, 11) is 0. The zero-order valence-electron chi connectivity index (χ0n) is 17.0. The van der Waals surface area contributed by atoms with Crippen molar-refractivity contribution in [2.45, 2.75) is 26.2 Å². The molecule has 2 aromatic carbocycles. The second-order valence-corrected chi connectivity index (χ2v) is 8.22. The van der Waals surface area contributed by atoms with E-state index < -0.39 is 0 Å². The largest absolute Gasteiger partial charge is 0.368 e. The molecule has 2 heterocycles. The van der Waals surface area contributed by atoms with Crippen LogP contribution in [-0.4, -0.2) is 50.1 Å². The molecule has 2 aromatic rings. The van der Waals surface area contributed by atoms with Crippen molar-refractivity contribution < 1.29 is 4.79 Å². The van der Waals surface area contributed by atoms with Crippen LogP contribution in [0, 0.1) is 19.8 Å². The third kappa shape index (κ3) is 3.93. The van der Waals surface area contributed by atoms with Crippen LogP contribution < -0.4 is 10.2 Å². The van der Waals surface area contributed by atoms with Crippen LogP contribution in [0.4, 0.5) is 5.69 Å². The molecule has 1 amide bonds. The Labute approximate surface area is 168 Å². The Hall–Kier alpha value is -2.33. The number of hydrogen-bond donors (Lipinski definition) is 1. The Morgan fingerprint density at radius 3 is 2.50 bits per heavy atom. The van der Waals surface area contributed by atoms with E-state index in [0.717, 1.165) is 45.7 Å². The number of piperazine rings is 1. The fourth-order valence-electron chi connectivity index (χ4n) is 4.68. The van der Waals surface area contributed by atoms with Gasteiger partial charge in [-0.1, -0.05) is 42.5 Å². The minimum absolute atomic E-state index is 0.0448. The predicted octanol–water partition coefficient (Wildman–Crippen LogP) is 3.35. The van der Waals surface area contributed by atoms with Gasteiger partial charge in [0.2, 0.25) is 5.91 Å². The van der Waals surface area contributed by atoms with Crippen molar-refractivity contribution in [1.29, 1.82) is 0 Å². The number of carbonyl (C=O) groups excluding carboxylic acids is 1. The molecule has 28 heavy (non-hydrogen) atoms. The Balaban J connectivity index is 1.43. The van der Waals surface area contributed by atoms with Crippen LogP contribution in [0.15, 0.2) is 48.5 Å². The van der Waals surface area contributed by atoms with Crippen molar-refractivity contribution in [3.05, 3.63) is 65.2 Å². The highest BCUT2D eigenvalue weighted by molar-refractivity contribution is 5.80. The van der Waals surface area contributed by atoms with E-state index in [0.29, 0.717) is 11.8 Å². The fraction of sp³-hybridized carbons (Fsp3) is 0.458. The topological polar surface area (TPSA) is 35.6 Å². The number of hydrogen-bond acceptors (Lipinski definition) is 3. The molecule has 1 N–H and O–H groups in total. The maximum Gasteiger partial charge on any atom is 0.227 e. The third-order valence-electron chi connectivity index (χ3n) is 6.32. The molecule has 4 heteroatoms. The third-order valence-corrected chi connectivity index (χ3v) is 6.32. The number of rotatable bonds is 3. The zero-order valence-corrected chi connectivity index (χ0v) is 17.0. The van der Waals surface area contributed by atoms with Crippen molar-refractivity contribution in [1.82, 2.24) is 10.2 Å². The van der Waals surface area contributed by atoms with Crippen LogP contribution >= 0.6 is 0 Å². The van der Waals surface area contributed by atoms with E-state index in [4.69, 9.17) is 0 Å². The summed E-state index contributed by atoms with van der Waals surface area (Å²) < 4.78 is 0. The minimum atomic E-state index is 0.0448. The van der Waals surface area contributed by atoms with Gasteiger partial charge >= 0.3 is 0 Å². The van der Waals surface area contributed by atoms with Gasteiger partial charge in [0.1, 0.15) is 0 Å². The molecule has 0 unspecified atom stereocenters. The van der Waals surface area contributed by atoms with Crippen LogP contribution in [0.2, 0.25) is 0 Å². The number of aryl methyl sites for hydroxylation is 2. The second-order valence-electron chi connectivity index (χ2n) is 8.22. The Kier molecular flexibility index (Phi) is 5.67. The summed E-state index contributed by atoms with van der Waals surface area (Å²) in [6.45, 7) is 9.53. The first-order valence-corrected chi connectivity index (χ1v) is 10.5. The SMILES string of the molecule is Cc1ccc(C)c(N2CCN(C(=O)[C@@H]3CNCC[C@H]3c3ccccc3)CC2)c1. The Morgan fingerprint density at radius 2 is 1.75 bits per heavy atom. The van der Waals surface area contributed by atoms with Gasteiger partial charge in [-0.3, -0.25) is 4.79 Å². The number of nitrogens with zero attached hydrogens (tertiary/aromatic N) is 2. The van der Waals surface area contributed by atoms with Crippen LogP contribution in [0.25, 0.3) is 0 Å². The van der Waals surface area contributed by atoms with Crippen molar-refractivity contribution in [3.8, 4) is 0 Å². The van der Waals surface area contributed by atoms with Crippen LogP contribution in [0.5, 0.6) is 0 Å². The lowest BCUT2D eigenvalue weighted by molar-refractivity contribution is -0.137. The van der Waals surface area contributed by atoms with Crippen LogP contribution in [-0.2, 0) is 4.79 Å². The van der Waals surface area contributed by atoms with E-state index in [1.807, 2.05) is 6.07 Å². The highest BCUT2D eigenvalue weighted by Gasteiger charge is 2.35. The lowest BCUT2D eigenvalue weighted by Gasteiger charge is -2.40. The first-order valence-electron chi connectivity index (χ1n) is 10.5. The number of piperidine rings is 1. The number of carbonyl (C=O) groups is 1. The molecule has 0 bridgehead atoms. The van der Waals surface area contributed by atoms with Gasteiger partial charge in [0.25, 0.3) is 0 Å². The van der Waals surface area contributed by atoms with Gasteiger partial charge in [0.05, 0.1) is 5.92 Å². The molecule has 2 aliphatic heterocycles. The zero-order chi connectivity index (χ0) is 19.5. The average molecular weight is 378 g/mol. The number of anilines is 1. The summed E-state index contributed by atoms with van der Waals surface area (Å²) >= 11 is 0. The highest BCUT2D eigenvalue weighted by Crippen LogP contribution is 2.32. The average Bonchev–Trinajstić information content (AvgIpc) is 2.76. The van der Waals surface area contributed by atoms with Crippen molar-refractivity contribution in [2.75, 3.05) is 44.2 Å². The van der Waals surface area contributed by atoms with Gasteiger partial charge in [0.15, 0.2) is 0 Å². The fourth-order valence-corrected chi connectivity index (χ4v) is 4.68. The number of amides is 1. The van der Waals surface area contributed by atoms with Gasteiger partial charge in [-0.15, -0.1) is 0 Å². The highest BCUT2D eigenvalue weighted by atomic mass is 16.2. The summed E-state index contributed by atoms with van der Waals surface area (Å²) in [5.41, 5.74) is 5.22. The van der Waals surface area contributed by atoms with Gasteiger partial charge < -0.3 is 15.1 Å². The monoisotopic (exact) mass is 377 g/mol. The van der Waals surface area contributed by atoms with E-state index in [9.17, 15) is 4.79 Å². The number of nitrogens with one attached hydrogen (secondary N) is 1. The molecule has 2 fully saturated rings. The Morgan fingerprint density at radius 1 is 1.00 bits per heavy atom. The lowest BCUT2D eigenvalue weighted by Crippen LogP contribution is -2.53. The molecule has 2 aliphatic rings. The van der Waals surface area contributed by atoms with Gasteiger partial charge in [-0.25, -0.2) is 0 Å². The predicted molar refractivity (Wildman–Crippen MR) is 115 cm³/mol. The van der Waals surface area contributed by atoms with Gasteiger partial charge in [-0.2, -0.15) is 0 Å². The maximum atomic E-state index is 13.4. The van der Waals surface area contributed by atoms with E-state index in [1.165, 1.54) is 22.4 Å². The summed E-state index contributed by atoms with van der Waals surface area (Å²) in [6, 6.07) is 17.2. The second kappa shape index (κ2) is 8.36. The van der Waals surface area contributed by atoms with E-state index in [2.05, 4.69) is 71.4 Å². The standard InChI is InChI=1S/C24H31N3O/c1-18-8-9-19(2)23(16-18)26-12-14-27(15-13-26)24(28)22-17-25-11-10-21(22)20-6-4-3-5-7-20/h3-9,16,21-22,25H,10-15,17H2,1-2H3/t21-,22+/m0/s1. The molecule has 148 valence electrons. The molecule has 0 aromatic heterocycles. The number of benzene rings is 2. The molecule has 2 atom stereocenters. The first-order chi connectivity index (χ1) is 13.6.